The van der Waals surface area contributed by atoms with Crippen molar-refractivity contribution in [2.45, 2.75) is 26.6 Å². The molecule has 0 aliphatic heterocycles. The van der Waals surface area contributed by atoms with Gasteiger partial charge in [0.05, 0.1) is 13.7 Å². The quantitative estimate of drug-likeness (QED) is 0.879. The van der Waals surface area contributed by atoms with E-state index in [4.69, 9.17) is 10.5 Å². The lowest BCUT2D eigenvalue weighted by atomic mass is 10.1. The van der Waals surface area contributed by atoms with Gasteiger partial charge in [0, 0.05) is 31.0 Å². The van der Waals surface area contributed by atoms with Crippen LogP contribution in [-0.4, -0.2) is 16.2 Å². The van der Waals surface area contributed by atoms with E-state index in [-0.39, 0.29) is 5.69 Å². The highest BCUT2D eigenvalue weighted by atomic mass is 16.5. The number of nitrogens with two attached hydrogens (primary N) is 1. The zero-order valence-corrected chi connectivity index (χ0v) is 11.3. The molecule has 0 aliphatic carbocycles. The first-order chi connectivity index (χ1) is 9.19. The fraction of sp³-hybridized carbons (Fsp3) is 0.357. The number of imidazole rings is 1. The van der Waals surface area contributed by atoms with Crippen LogP contribution in [0.3, 0.4) is 0 Å². The predicted molar refractivity (Wildman–Crippen MR) is 74.4 cm³/mol. The number of hydrogen-bond acceptors (Lipinski definition) is 3. The molecule has 1 aromatic heterocycles. The van der Waals surface area contributed by atoms with Gasteiger partial charge in [-0.3, -0.25) is 9.13 Å². The second-order valence-electron chi connectivity index (χ2n) is 4.34. The number of rotatable bonds is 5. The predicted octanol–water partition coefficient (Wildman–Crippen LogP) is 1.19. The molecule has 0 saturated heterocycles. The summed E-state index contributed by atoms with van der Waals surface area (Å²) in [5, 5.41) is 0. The maximum absolute atomic E-state index is 12.0. The molecule has 2 rings (SSSR count). The second-order valence-corrected chi connectivity index (χ2v) is 4.34. The van der Waals surface area contributed by atoms with Crippen molar-refractivity contribution in [2.24, 2.45) is 5.73 Å². The Morgan fingerprint density at radius 1 is 1.26 bits per heavy atom. The van der Waals surface area contributed by atoms with Gasteiger partial charge in [0.2, 0.25) is 0 Å². The summed E-state index contributed by atoms with van der Waals surface area (Å²) in [7, 11) is 1.62. The van der Waals surface area contributed by atoms with Gasteiger partial charge in [-0.2, -0.15) is 0 Å². The van der Waals surface area contributed by atoms with Crippen LogP contribution in [0.2, 0.25) is 0 Å². The van der Waals surface area contributed by atoms with Gasteiger partial charge in [0.25, 0.3) is 0 Å². The zero-order valence-electron chi connectivity index (χ0n) is 11.3. The number of aromatic nitrogens is 2. The summed E-state index contributed by atoms with van der Waals surface area (Å²) in [6, 6.07) is 5.84. The minimum absolute atomic E-state index is 0.00404. The smallest absolute Gasteiger partial charge is 0.328 e. The fourth-order valence-electron chi connectivity index (χ4n) is 2.07. The Bertz CT molecular complexity index is 613. The average molecular weight is 261 g/mol. The highest BCUT2D eigenvalue weighted by Crippen LogP contribution is 2.20. The molecule has 1 heterocycles. The highest BCUT2D eigenvalue weighted by molar-refractivity contribution is 5.37. The molecule has 0 bridgehead atoms. The van der Waals surface area contributed by atoms with Crippen LogP contribution in [0.1, 0.15) is 18.1 Å². The molecule has 0 radical (unpaired) electrons. The Balaban J connectivity index is 2.28. The third-order valence-corrected chi connectivity index (χ3v) is 3.18. The Hall–Kier alpha value is -2.01. The lowest BCUT2D eigenvalue weighted by molar-refractivity contribution is 0.409. The maximum atomic E-state index is 12.0. The lowest BCUT2D eigenvalue weighted by Gasteiger charge is -2.09. The summed E-state index contributed by atoms with van der Waals surface area (Å²) in [4.78, 5) is 12.0. The van der Waals surface area contributed by atoms with Crippen molar-refractivity contribution >= 4 is 0 Å². The summed E-state index contributed by atoms with van der Waals surface area (Å²) in [6.45, 7) is 3.61. The minimum Gasteiger partial charge on any atom is -0.496 e. The van der Waals surface area contributed by atoms with E-state index in [2.05, 4.69) is 0 Å². The van der Waals surface area contributed by atoms with Crippen LogP contribution >= 0.6 is 0 Å². The molecule has 102 valence electrons. The van der Waals surface area contributed by atoms with Gasteiger partial charge in [-0.1, -0.05) is 12.1 Å². The molecule has 0 aliphatic rings. The van der Waals surface area contributed by atoms with Crippen molar-refractivity contribution < 1.29 is 4.74 Å². The largest absolute Gasteiger partial charge is 0.496 e. The summed E-state index contributed by atoms with van der Waals surface area (Å²) in [6.07, 6.45) is 3.60. The Kier molecular flexibility index (Phi) is 4.06. The van der Waals surface area contributed by atoms with E-state index in [0.717, 1.165) is 16.9 Å². The normalized spacial score (nSPS) is 10.7. The Labute approximate surface area is 112 Å². The molecule has 2 N–H and O–H groups in total. The number of aryl methyl sites for hydroxylation is 1. The van der Waals surface area contributed by atoms with Crippen LogP contribution in [0, 0.1) is 0 Å². The van der Waals surface area contributed by atoms with Crippen molar-refractivity contribution in [3.8, 4) is 5.75 Å². The number of methoxy groups -OCH3 is 1. The van der Waals surface area contributed by atoms with Gasteiger partial charge >= 0.3 is 5.69 Å². The van der Waals surface area contributed by atoms with Crippen LogP contribution in [0.25, 0.3) is 0 Å². The van der Waals surface area contributed by atoms with Crippen LogP contribution in [0.5, 0.6) is 5.75 Å². The zero-order chi connectivity index (χ0) is 13.8. The van der Waals surface area contributed by atoms with E-state index in [9.17, 15) is 4.79 Å². The van der Waals surface area contributed by atoms with Crippen LogP contribution in [0.4, 0.5) is 0 Å². The molecular weight excluding hydrogens is 242 g/mol. The van der Waals surface area contributed by atoms with Gasteiger partial charge in [0.15, 0.2) is 0 Å². The van der Waals surface area contributed by atoms with E-state index in [1.165, 1.54) is 0 Å². The Morgan fingerprint density at radius 2 is 2.00 bits per heavy atom. The van der Waals surface area contributed by atoms with Crippen LogP contribution in [0.15, 0.2) is 35.4 Å². The van der Waals surface area contributed by atoms with Crippen LogP contribution in [-0.2, 0) is 19.6 Å². The molecule has 5 heteroatoms. The second kappa shape index (κ2) is 5.75. The fourth-order valence-corrected chi connectivity index (χ4v) is 2.07. The van der Waals surface area contributed by atoms with E-state index in [1.54, 1.807) is 28.6 Å². The van der Waals surface area contributed by atoms with E-state index < -0.39 is 0 Å². The van der Waals surface area contributed by atoms with E-state index in [0.29, 0.717) is 19.6 Å². The molecule has 1 aromatic carbocycles. The first-order valence-corrected chi connectivity index (χ1v) is 6.31. The number of benzene rings is 1. The van der Waals surface area contributed by atoms with Crippen molar-refractivity contribution in [2.75, 3.05) is 7.11 Å². The van der Waals surface area contributed by atoms with Gasteiger partial charge in [-0.25, -0.2) is 4.79 Å². The van der Waals surface area contributed by atoms with E-state index >= 15 is 0 Å². The van der Waals surface area contributed by atoms with Gasteiger partial charge < -0.3 is 10.5 Å². The summed E-state index contributed by atoms with van der Waals surface area (Å²) in [5.74, 6) is 0.767. The number of nitrogens with zero attached hydrogens (tertiary/aromatic N) is 2. The minimum atomic E-state index is 0.00404. The molecule has 5 nitrogen and oxygen atoms in total. The standard InChI is InChI=1S/C14H19N3O2/c1-3-16-6-7-17(14(16)18)10-11-4-5-12(9-15)13(8-11)19-2/h4-8H,3,9-10,15H2,1-2H3. The van der Waals surface area contributed by atoms with Crippen molar-refractivity contribution in [1.29, 1.82) is 0 Å². The molecule has 0 fully saturated rings. The maximum Gasteiger partial charge on any atom is 0.328 e. The van der Waals surface area contributed by atoms with Crippen molar-refractivity contribution in [1.82, 2.24) is 9.13 Å². The monoisotopic (exact) mass is 261 g/mol. The molecule has 0 amide bonds. The third kappa shape index (κ3) is 2.71. The first-order valence-electron chi connectivity index (χ1n) is 6.31. The topological polar surface area (TPSA) is 62.2 Å². The molecule has 0 atom stereocenters. The van der Waals surface area contributed by atoms with Gasteiger partial charge in [-0.15, -0.1) is 0 Å². The SMILES string of the molecule is CCn1ccn(Cc2ccc(CN)c(OC)c2)c1=O. The summed E-state index contributed by atoms with van der Waals surface area (Å²) in [5.41, 5.74) is 7.62. The van der Waals surface area contributed by atoms with Crippen molar-refractivity contribution in [3.63, 3.8) is 0 Å². The molecule has 0 unspecified atom stereocenters. The summed E-state index contributed by atoms with van der Waals surface area (Å²) < 4.78 is 8.65. The van der Waals surface area contributed by atoms with Gasteiger partial charge in [-0.05, 0) is 18.6 Å². The first kappa shape index (κ1) is 13.4. The Morgan fingerprint density at radius 3 is 2.58 bits per heavy atom. The molecule has 0 saturated carbocycles. The van der Waals surface area contributed by atoms with Gasteiger partial charge in [0.1, 0.15) is 5.75 Å². The highest BCUT2D eigenvalue weighted by Gasteiger charge is 2.06. The van der Waals surface area contributed by atoms with Crippen LogP contribution < -0.4 is 16.2 Å². The molecule has 0 spiro atoms. The van der Waals surface area contributed by atoms with Crippen molar-refractivity contribution in [3.05, 3.63) is 52.2 Å². The lowest BCUT2D eigenvalue weighted by Crippen LogP contribution is -2.23. The average Bonchev–Trinajstić information content (AvgIpc) is 2.79. The summed E-state index contributed by atoms with van der Waals surface area (Å²) >= 11 is 0. The number of ether oxygens (including phenoxy) is 1. The van der Waals surface area contributed by atoms with E-state index in [1.807, 2.05) is 25.1 Å². The molecule has 19 heavy (non-hydrogen) atoms. The number of hydrogen-bond donors (Lipinski definition) is 1. The molecule has 2 aromatic rings. The third-order valence-electron chi connectivity index (χ3n) is 3.18. The molecular formula is C14H19N3O2.